The van der Waals surface area contributed by atoms with Gasteiger partial charge in [-0.3, -0.25) is 24.0 Å². The van der Waals surface area contributed by atoms with E-state index in [0.717, 1.165) is 0 Å². The standard InChI is InChI=1S/C19H34N6O7S/c1-3-9(2)15(18(30)23-11(19(31)32)5-7-14(22)27)25-17(29)12(8-33)24-16(28)10(20)4-6-13(21)26/h9-12,15,33H,3-8,20H2,1-2H3,(H2,21,26)(H2,22,27)(H,23,30)(H,24,28)(H,25,29)(H,31,32). The third-order valence-electron chi connectivity index (χ3n) is 4.94. The van der Waals surface area contributed by atoms with E-state index in [2.05, 4.69) is 28.6 Å². The number of hydrogen-bond acceptors (Lipinski definition) is 8. The van der Waals surface area contributed by atoms with Crippen LogP contribution < -0.4 is 33.2 Å². The molecule has 0 rings (SSSR count). The van der Waals surface area contributed by atoms with Gasteiger partial charge in [-0.25, -0.2) is 4.79 Å². The summed E-state index contributed by atoms with van der Waals surface area (Å²) >= 11 is 4.05. The molecule has 33 heavy (non-hydrogen) atoms. The number of carbonyl (C=O) groups excluding carboxylic acids is 5. The molecule has 0 heterocycles. The maximum absolute atomic E-state index is 12.8. The Morgan fingerprint density at radius 1 is 0.848 bits per heavy atom. The predicted molar refractivity (Wildman–Crippen MR) is 122 cm³/mol. The third-order valence-corrected chi connectivity index (χ3v) is 5.31. The number of amides is 5. The van der Waals surface area contributed by atoms with E-state index in [1.54, 1.807) is 13.8 Å². The number of aliphatic carboxylic acids is 1. The number of carbonyl (C=O) groups is 6. The summed E-state index contributed by atoms with van der Waals surface area (Å²) < 4.78 is 0. The number of rotatable bonds is 16. The molecule has 188 valence electrons. The highest BCUT2D eigenvalue weighted by Crippen LogP contribution is 2.10. The molecular weight excluding hydrogens is 456 g/mol. The first-order valence-electron chi connectivity index (χ1n) is 10.4. The molecule has 0 bridgehead atoms. The Balaban J connectivity index is 5.29. The number of nitrogens with one attached hydrogen (secondary N) is 3. The summed E-state index contributed by atoms with van der Waals surface area (Å²) in [7, 11) is 0. The highest BCUT2D eigenvalue weighted by molar-refractivity contribution is 7.80. The summed E-state index contributed by atoms with van der Waals surface area (Å²) in [5.41, 5.74) is 15.8. The van der Waals surface area contributed by atoms with Gasteiger partial charge in [-0.15, -0.1) is 0 Å². The Morgan fingerprint density at radius 3 is 1.82 bits per heavy atom. The van der Waals surface area contributed by atoms with Crippen LogP contribution >= 0.6 is 12.6 Å². The zero-order valence-corrected chi connectivity index (χ0v) is 19.6. The minimum atomic E-state index is -1.38. The zero-order valence-electron chi connectivity index (χ0n) is 18.7. The van der Waals surface area contributed by atoms with Crippen LogP contribution in [0.1, 0.15) is 46.0 Å². The zero-order chi connectivity index (χ0) is 25.7. The molecule has 5 atom stereocenters. The molecule has 5 unspecified atom stereocenters. The van der Waals surface area contributed by atoms with Crippen molar-refractivity contribution in [3.8, 4) is 0 Å². The van der Waals surface area contributed by atoms with Gasteiger partial charge in [0, 0.05) is 18.6 Å². The highest BCUT2D eigenvalue weighted by Gasteiger charge is 2.32. The number of carboxylic acids is 1. The van der Waals surface area contributed by atoms with E-state index in [-0.39, 0.29) is 31.4 Å². The van der Waals surface area contributed by atoms with Crippen molar-refractivity contribution >= 4 is 48.1 Å². The summed E-state index contributed by atoms with van der Waals surface area (Å²) in [6.45, 7) is 3.45. The number of hydrogen-bond donors (Lipinski definition) is 8. The van der Waals surface area contributed by atoms with Crippen LogP contribution in [-0.2, 0) is 28.8 Å². The maximum Gasteiger partial charge on any atom is 0.326 e. The summed E-state index contributed by atoms with van der Waals surface area (Å²) in [6, 6.07) is -4.73. The van der Waals surface area contributed by atoms with Gasteiger partial charge in [-0.2, -0.15) is 12.6 Å². The van der Waals surface area contributed by atoms with Gasteiger partial charge in [-0.05, 0) is 18.8 Å². The van der Waals surface area contributed by atoms with E-state index < -0.39 is 65.6 Å². The summed E-state index contributed by atoms with van der Waals surface area (Å²) in [5.74, 6) is -5.42. The molecular formula is C19H34N6O7S. The quantitative estimate of drug-likeness (QED) is 0.106. The smallest absolute Gasteiger partial charge is 0.326 e. The van der Waals surface area contributed by atoms with E-state index in [4.69, 9.17) is 17.2 Å². The van der Waals surface area contributed by atoms with Gasteiger partial charge in [0.05, 0.1) is 6.04 Å². The van der Waals surface area contributed by atoms with Crippen molar-refractivity contribution in [1.29, 1.82) is 0 Å². The van der Waals surface area contributed by atoms with E-state index in [1.165, 1.54) is 0 Å². The monoisotopic (exact) mass is 490 g/mol. The second-order valence-corrected chi connectivity index (χ2v) is 8.00. The molecule has 0 aromatic rings. The normalized spacial score (nSPS) is 15.3. The summed E-state index contributed by atoms with van der Waals surface area (Å²) in [6.07, 6.45) is -0.115. The Labute approximate surface area is 197 Å². The van der Waals surface area contributed by atoms with Crippen LogP contribution in [0.3, 0.4) is 0 Å². The predicted octanol–water partition coefficient (Wildman–Crippen LogP) is -2.64. The largest absolute Gasteiger partial charge is 0.480 e. The molecule has 13 nitrogen and oxygen atoms in total. The Hall–Kier alpha value is -2.87. The summed E-state index contributed by atoms with van der Waals surface area (Å²) in [5, 5.41) is 16.5. The number of nitrogens with two attached hydrogens (primary N) is 3. The molecule has 10 N–H and O–H groups in total. The van der Waals surface area contributed by atoms with Gasteiger partial charge < -0.3 is 38.3 Å². The average Bonchev–Trinajstić information content (AvgIpc) is 2.75. The number of carboxylic acid groups (broad SMARTS) is 1. The van der Waals surface area contributed by atoms with E-state index in [0.29, 0.717) is 6.42 Å². The molecule has 0 aromatic carbocycles. The molecule has 0 spiro atoms. The molecule has 0 fully saturated rings. The number of primary amides is 2. The minimum absolute atomic E-state index is 0.0120. The SMILES string of the molecule is CCC(C)C(NC(=O)C(CS)NC(=O)C(N)CCC(N)=O)C(=O)NC(CCC(N)=O)C(=O)O. The van der Waals surface area contributed by atoms with Crippen LogP contribution in [0.4, 0.5) is 0 Å². The Morgan fingerprint density at radius 2 is 1.36 bits per heavy atom. The van der Waals surface area contributed by atoms with Gasteiger partial charge in [-0.1, -0.05) is 20.3 Å². The van der Waals surface area contributed by atoms with Crippen molar-refractivity contribution in [2.45, 2.75) is 70.1 Å². The van der Waals surface area contributed by atoms with E-state index >= 15 is 0 Å². The van der Waals surface area contributed by atoms with Crippen LogP contribution in [0.15, 0.2) is 0 Å². The lowest BCUT2D eigenvalue weighted by Gasteiger charge is -2.27. The molecule has 0 aromatic heterocycles. The van der Waals surface area contributed by atoms with Crippen LogP contribution in [0, 0.1) is 5.92 Å². The topological polar surface area (TPSA) is 237 Å². The highest BCUT2D eigenvalue weighted by atomic mass is 32.1. The van der Waals surface area contributed by atoms with Crippen molar-refractivity contribution in [1.82, 2.24) is 16.0 Å². The fourth-order valence-electron chi connectivity index (χ4n) is 2.66. The van der Waals surface area contributed by atoms with Crippen molar-refractivity contribution < 1.29 is 33.9 Å². The molecule has 0 saturated carbocycles. The number of thiol groups is 1. The van der Waals surface area contributed by atoms with Gasteiger partial charge in [0.1, 0.15) is 18.1 Å². The second-order valence-electron chi connectivity index (χ2n) is 7.63. The van der Waals surface area contributed by atoms with Crippen molar-refractivity contribution in [2.75, 3.05) is 5.75 Å². The first-order chi connectivity index (χ1) is 15.3. The lowest BCUT2D eigenvalue weighted by atomic mass is 9.97. The lowest BCUT2D eigenvalue weighted by molar-refractivity contribution is -0.143. The molecule has 14 heteroatoms. The molecule has 0 saturated heterocycles. The Bertz CT molecular complexity index is 735. The lowest BCUT2D eigenvalue weighted by Crippen LogP contribution is -2.59. The fraction of sp³-hybridized carbons (Fsp3) is 0.684. The Kier molecular flexibility index (Phi) is 13.7. The van der Waals surface area contributed by atoms with Crippen molar-refractivity contribution in [3.63, 3.8) is 0 Å². The molecule has 0 radical (unpaired) electrons. The van der Waals surface area contributed by atoms with Crippen molar-refractivity contribution in [3.05, 3.63) is 0 Å². The fourth-order valence-corrected chi connectivity index (χ4v) is 2.92. The van der Waals surface area contributed by atoms with Gasteiger partial charge in [0.25, 0.3) is 0 Å². The van der Waals surface area contributed by atoms with Crippen molar-refractivity contribution in [2.24, 2.45) is 23.1 Å². The maximum atomic E-state index is 12.8. The second kappa shape index (κ2) is 15.1. The third kappa shape index (κ3) is 11.5. The summed E-state index contributed by atoms with van der Waals surface area (Å²) in [4.78, 5) is 70.9. The van der Waals surface area contributed by atoms with Crippen LogP contribution in [0.5, 0.6) is 0 Å². The van der Waals surface area contributed by atoms with E-state index in [9.17, 15) is 33.9 Å². The van der Waals surface area contributed by atoms with Gasteiger partial charge in [0.2, 0.25) is 29.5 Å². The first-order valence-corrected chi connectivity index (χ1v) is 11.0. The minimum Gasteiger partial charge on any atom is -0.480 e. The van der Waals surface area contributed by atoms with Gasteiger partial charge >= 0.3 is 5.97 Å². The van der Waals surface area contributed by atoms with Crippen LogP contribution in [-0.4, -0.2) is 70.5 Å². The van der Waals surface area contributed by atoms with Crippen LogP contribution in [0.2, 0.25) is 0 Å². The first kappa shape index (κ1) is 30.1. The molecule has 0 aliphatic carbocycles. The van der Waals surface area contributed by atoms with E-state index in [1.807, 2.05) is 0 Å². The molecule has 0 aliphatic heterocycles. The average molecular weight is 491 g/mol. The molecule has 0 aliphatic rings. The molecule has 5 amide bonds. The van der Waals surface area contributed by atoms with Gasteiger partial charge in [0.15, 0.2) is 0 Å². The van der Waals surface area contributed by atoms with Crippen LogP contribution in [0.25, 0.3) is 0 Å².